The highest BCUT2D eigenvalue weighted by molar-refractivity contribution is 5.88. The second-order valence-electron chi connectivity index (χ2n) is 3.74. The number of carbonyl (C=O) groups excluding carboxylic acids is 1. The van der Waals surface area contributed by atoms with Crippen LogP contribution in [0.1, 0.15) is 22.0 Å². The van der Waals surface area contributed by atoms with Gasteiger partial charge in [-0.1, -0.05) is 5.21 Å². The SMILES string of the molecule is COC(=O)c1nnn(Cc2ncccn2)c1CCN. The van der Waals surface area contributed by atoms with Gasteiger partial charge >= 0.3 is 5.97 Å². The van der Waals surface area contributed by atoms with E-state index < -0.39 is 5.97 Å². The normalized spacial score (nSPS) is 10.4. The maximum Gasteiger partial charge on any atom is 0.360 e. The first kappa shape index (κ1) is 13.1. The van der Waals surface area contributed by atoms with E-state index in [0.717, 1.165) is 0 Å². The van der Waals surface area contributed by atoms with Gasteiger partial charge in [0, 0.05) is 18.8 Å². The van der Waals surface area contributed by atoms with Gasteiger partial charge in [-0.3, -0.25) is 0 Å². The van der Waals surface area contributed by atoms with Crippen LogP contribution in [0.3, 0.4) is 0 Å². The number of hydrogen-bond donors (Lipinski definition) is 1. The van der Waals surface area contributed by atoms with Gasteiger partial charge in [-0.15, -0.1) is 5.10 Å². The van der Waals surface area contributed by atoms with Crippen LogP contribution in [0.4, 0.5) is 0 Å². The van der Waals surface area contributed by atoms with Crippen molar-refractivity contribution in [2.45, 2.75) is 13.0 Å². The molecular formula is C11H14N6O2. The summed E-state index contributed by atoms with van der Waals surface area (Å²) in [7, 11) is 1.30. The van der Waals surface area contributed by atoms with E-state index in [1.54, 1.807) is 23.1 Å². The van der Waals surface area contributed by atoms with Crippen molar-refractivity contribution in [2.24, 2.45) is 5.73 Å². The molecule has 2 rings (SSSR count). The van der Waals surface area contributed by atoms with Crippen molar-refractivity contribution in [3.63, 3.8) is 0 Å². The van der Waals surface area contributed by atoms with Crippen LogP contribution in [0.15, 0.2) is 18.5 Å². The Morgan fingerprint density at radius 1 is 1.42 bits per heavy atom. The van der Waals surface area contributed by atoms with Crippen LogP contribution < -0.4 is 5.73 Å². The predicted molar refractivity (Wildman–Crippen MR) is 65.3 cm³/mol. The summed E-state index contributed by atoms with van der Waals surface area (Å²) in [5.41, 5.74) is 6.35. The molecule has 8 heteroatoms. The summed E-state index contributed by atoms with van der Waals surface area (Å²) >= 11 is 0. The zero-order valence-electron chi connectivity index (χ0n) is 10.5. The highest BCUT2D eigenvalue weighted by Crippen LogP contribution is 2.09. The van der Waals surface area contributed by atoms with Gasteiger partial charge in [0.2, 0.25) is 0 Å². The van der Waals surface area contributed by atoms with Crippen LogP contribution in [-0.4, -0.2) is 44.6 Å². The van der Waals surface area contributed by atoms with Crippen molar-refractivity contribution in [1.82, 2.24) is 25.0 Å². The lowest BCUT2D eigenvalue weighted by atomic mass is 10.2. The summed E-state index contributed by atoms with van der Waals surface area (Å²) < 4.78 is 6.22. The average Bonchev–Trinajstić information content (AvgIpc) is 2.83. The molecule has 0 atom stereocenters. The molecule has 19 heavy (non-hydrogen) atoms. The Morgan fingerprint density at radius 2 is 2.16 bits per heavy atom. The molecule has 0 amide bonds. The van der Waals surface area contributed by atoms with Crippen LogP contribution in [0, 0.1) is 0 Å². The van der Waals surface area contributed by atoms with Gasteiger partial charge in [-0.25, -0.2) is 19.4 Å². The smallest absolute Gasteiger partial charge is 0.360 e. The number of carbonyl (C=O) groups is 1. The zero-order valence-corrected chi connectivity index (χ0v) is 10.5. The maximum atomic E-state index is 11.6. The molecule has 0 radical (unpaired) electrons. The summed E-state index contributed by atoms with van der Waals surface area (Å²) in [4.78, 5) is 19.8. The van der Waals surface area contributed by atoms with E-state index in [-0.39, 0.29) is 5.69 Å². The second kappa shape index (κ2) is 6.01. The van der Waals surface area contributed by atoms with Crippen molar-refractivity contribution < 1.29 is 9.53 Å². The monoisotopic (exact) mass is 262 g/mol. The van der Waals surface area contributed by atoms with E-state index in [1.165, 1.54) is 7.11 Å². The predicted octanol–water partition coefficient (Wildman–Crippen LogP) is -0.596. The lowest BCUT2D eigenvalue weighted by Crippen LogP contribution is -2.15. The lowest BCUT2D eigenvalue weighted by molar-refractivity contribution is 0.0592. The minimum absolute atomic E-state index is 0.184. The summed E-state index contributed by atoms with van der Waals surface area (Å²) in [6.07, 6.45) is 3.76. The molecule has 0 saturated heterocycles. The standard InChI is InChI=1S/C11H14N6O2/c1-19-11(18)10-8(3-4-12)17(16-15-10)7-9-13-5-2-6-14-9/h2,5-6H,3-4,7,12H2,1H3. The van der Waals surface area contributed by atoms with Crippen LogP contribution in [0.5, 0.6) is 0 Å². The molecule has 8 nitrogen and oxygen atoms in total. The molecular weight excluding hydrogens is 248 g/mol. The Hall–Kier alpha value is -2.35. The van der Waals surface area contributed by atoms with Gasteiger partial charge in [-0.05, 0) is 12.6 Å². The highest BCUT2D eigenvalue weighted by atomic mass is 16.5. The van der Waals surface area contributed by atoms with Crippen LogP contribution in [0.2, 0.25) is 0 Å². The topological polar surface area (TPSA) is 109 Å². The molecule has 0 aliphatic heterocycles. The third-order valence-electron chi connectivity index (χ3n) is 2.51. The number of hydrogen-bond acceptors (Lipinski definition) is 7. The lowest BCUT2D eigenvalue weighted by Gasteiger charge is -2.05. The number of ether oxygens (including phenoxy) is 1. The highest BCUT2D eigenvalue weighted by Gasteiger charge is 2.20. The zero-order chi connectivity index (χ0) is 13.7. The van der Waals surface area contributed by atoms with Crippen LogP contribution in [0.25, 0.3) is 0 Å². The number of esters is 1. The van der Waals surface area contributed by atoms with E-state index >= 15 is 0 Å². The van der Waals surface area contributed by atoms with E-state index in [4.69, 9.17) is 5.73 Å². The number of rotatable bonds is 5. The molecule has 0 aromatic carbocycles. The summed E-state index contributed by atoms with van der Waals surface area (Å²) in [5, 5.41) is 7.76. The van der Waals surface area contributed by atoms with Crippen LogP contribution >= 0.6 is 0 Å². The quantitative estimate of drug-likeness (QED) is 0.717. The molecule has 100 valence electrons. The fourth-order valence-corrected chi connectivity index (χ4v) is 1.64. The number of nitrogens with two attached hydrogens (primary N) is 1. The van der Waals surface area contributed by atoms with Gasteiger partial charge < -0.3 is 10.5 Å². The Balaban J connectivity index is 2.30. The van der Waals surface area contributed by atoms with Crippen molar-refractivity contribution >= 4 is 5.97 Å². The molecule has 0 aliphatic carbocycles. The van der Waals surface area contributed by atoms with E-state index in [1.807, 2.05) is 0 Å². The fourth-order valence-electron chi connectivity index (χ4n) is 1.64. The van der Waals surface area contributed by atoms with Crippen molar-refractivity contribution in [3.8, 4) is 0 Å². The average molecular weight is 262 g/mol. The molecule has 2 heterocycles. The molecule has 0 unspecified atom stereocenters. The van der Waals surface area contributed by atoms with Crippen LogP contribution in [-0.2, 0) is 17.7 Å². The van der Waals surface area contributed by atoms with E-state index in [0.29, 0.717) is 31.0 Å². The Morgan fingerprint density at radius 3 is 2.79 bits per heavy atom. The van der Waals surface area contributed by atoms with Crippen molar-refractivity contribution in [3.05, 3.63) is 35.7 Å². The number of methoxy groups -OCH3 is 1. The second-order valence-corrected chi connectivity index (χ2v) is 3.74. The van der Waals surface area contributed by atoms with E-state index in [2.05, 4.69) is 25.0 Å². The first-order valence-electron chi connectivity index (χ1n) is 5.73. The summed E-state index contributed by atoms with van der Waals surface area (Å²) in [5.74, 6) is 0.0609. The Labute approximate surface area is 109 Å². The van der Waals surface area contributed by atoms with Gasteiger partial charge in [-0.2, -0.15) is 0 Å². The Kier molecular flexibility index (Phi) is 4.14. The third kappa shape index (κ3) is 2.91. The molecule has 2 aromatic heterocycles. The molecule has 0 saturated carbocycles. The minimum atomic E-state index is -0.524. The van der Waals surface area contributed by atoms with Crippen molar-refractivity contribution in [1.29, 1.82) is 0 Å². The maximum absolute atomic E-state index is 11.6. The van der Waals surface area contributed by atoms with E-state index in [9.17, 15) is 4.79 Å². The first-order chi connectivity index (χ1) is 9.26. The molecule has 2 aromatic rings. The van der Waals surface area contributed by atoms with Gasteiger partial charge in [0.15, 0.2) is 5.69 Å². The summed E-state index contributed by atoms with van der Waals surface area (Å²) in [6, 6.07) is 1.73. The molecule has 2 N–H and O–H groups in total. The number of nitrogens with zero attached hydrogens (tertiary/aromatic N) is 5. The van der Waals surface area contributed by atoms with Gasteiger partial charge in [0.1, 0.15) is 12.4 Å². The summed E-state index contributed by atoms with van der Waals surface area (Å²) in [6.45, 7) is 0.715. The van der Waals surface area contributed by atoms with Crippen molar-refractivity contribution in [2.75, 3.05) is 13.7 Å². The van der Waals surface area contributed by atoms with Gasteiger partial charge in [0.05, 0.1) is 12.8 Å². The third-order valence-corrected chi connectivity index (χ3v) is 2.51. The first-order valence-corrected chi connectivity index (χ1v) is 5.73. The number of aromatic nitrogens is 5. The van der Waals surface area contributed by atoms with Gasteiger partial charge in [0.25, 0.3) is 0 Å². The molecule has 0 aliphatic rings. The molecule has 0 spiro atoms. The molecule has 0 fully saturated rings. The Bertz CT molecular complexity index is 554. The molecule has 0 bridgehead atoms. The minimum Gasteiger partial charge on any atom is -0.464 e. The fraction of sp³-hybridized carbons (Fsp3) is 0.364. The largest absolute Gasteiger partial charge is 0.464 e.